The minimum atomic E-state index is -0.441. The predicted molar refractivity (Wildman–Crippen MR) is 120 cm³/mol. The summed E-state index contributed by atoms with van der Waals surface area (Å²) in [5.74, 6) is 1.15. The minimum Gasteiger partial charge on any atom is -0.508 e. The first-order valence-electron chi connectivity index (χ1n) is 10.4. The van der Waals surface area contributed by atoms with Crippen LogP contribution in [0.2, 0.25) is 0 Å². The number of hydrogen-bond donors (Lipinski definition) is 1. The van der Waals surface area contributed by atoms with E-state index in [4.69, 9.17) is 13.9 Å². The number of amides is 1. The molecule has 168 valence electrons. The molecule has 3 aromatic rings. The largest absolute Gasteiger partial charge is 0.508 e. The summed E-state index contributed by atoms with van der Waals surface area (Å²) in [7, 11) is 3.10. The zero-order chi connectivity index (χ0) is 22.8. The highest BCUT2D eigenvalue weighted by Crippen LogP contribution is 2.29. The molecule has 2 aromatic carbocycles. The number of piperazine rings is 1. The van der Waals surface area contributed by atoms with Crippen LogP contribution in [0.4, 0.5) is 0 Å². The molecule has 1 amide bonds. The molecule has 1 fully saturated rings. The van der Waals surface area contributed by atoms with Gasteiger partial charge in [-0.1, -0.05) is 0 Å². The van der Waals surface area contributed by atoms with Crippen molar-refractivity contribution in [3.63, 3.8) is 0 Å². The Bertz CT molecular complexity index is 1210. The molecule has 0 aliphatic carbocycles. The number of aromatic hydroxyl groups is 1. The van der Waals surface area contributed by atoms with Crippen LogP contribution in [0.3, 0.4) is 0 Å². The molecule has 4 rings (SSSR count). The van der Waals surface area contributed by atoms with Crippen LogP contribution in [0.5, 0.6) is 17.2 Å². The molecular weight excluding hydrogens is 412 g/mol. The van der Waals surface area contributed by atoms with Gasteiger partial charge in [0.05, 0.1) is 14.2 Å². The summed E-state index contributed by atoms with van der Waals surface area (Å²) < 4.78 is 15.9. The third-order valence-electron chi connectivity index (χ3n) is 5.90. The summed E-state index contributed by atoms with van der Waals surface area (Å²) in [5, 5.41) is 10.7. The number of carbonyl (C=O) groups is 1. The molecule has 0 spiro atoms. The monoisotopic (exact) mass is 438 g/mol. The van der Waals surface area contributed by atoms with E-state index in [1.807, 2.05) is 4.90 Å². The number of rotatable bonds is 5. The van der Waals surface area contributed by atoms with Gasteiger partial charge in [0.15, 0.2) is 11.5 Å². The second kappa shape index (κ2) is 8.92. The quantitative estimate of drug-likeness (QED) is 0.613. The van der Waals surface area contributed by atoms with Crippen LogP contribution < -0.4 is 15.1 Å². The average molecular weight is 438 g/mol. The molecule has 32 heavy (non-hydrogen) atoms. The zero-order valence-corrected chi connectivity index (χ0v) is 18.4. The standard InChI is InChI=1S/C24H26N2O6/c1-15-19(27)6-5-18-17(13-22(28)32-23(15)18)14-25-8-10-26(11-9-25)24(29)16-4-7-20(30-2)21(12-16)31-3/h4-7,12-13,27H,8-11,14H2,1-3H3. The summed E-state index contributed by atoms with van der Waals surface area (Å²) in [4.78, 5) is 29.0. The van der Waals surface area contributed by atoms with Crippen molar-refractivity contribution < 1.29 is 23.8 Å². The van der Waals surface area contributed by atoms with Crippen LogP contribution in [-0.2, 0) is 6.54 Å². The van der Waals surface area contributed by atoms with Gasteiger partial charge in [-0.3, -0.25) is 9.69 Å². The molecule has 8 nitrogen and oxygen atoms in total. The maximum Gasteiger partial charge on any atom is 0.336 e. The Morgan fingerprint density at radius 2 is 1.75 bits per heavy atom. The number of benzene rings is 2. The molecule has 0 saturated carbocycles. The number of carbonyl (C=O) groups excluding carboxylic acids is 1. The lowest BCUT2D eigenvalue weighted by Crippen LogP contribution is -2.48. The molecule has 1 aliphatic rings. The second-order valence-electron chi connectivity index (χ2n) is 7.82. The number of phenols is 1. The van der Waals surface area contributed by atoms with E-state index in [1.165, 1.54) is 6.07 Å². The highest BCUT2D eigenvalue weighted by Gasteiger charge is 2.24. The number of nitrogens with zero attached hydrogens (tertiary/aromatic N) is 2. The summed E-state index contributed by atoms with van der Waals surface area (Å²) >= 11 is 0. The Kier molecular flexibility index (Phi) is 6.05. The highest BCUT2D eigenvalue weighted by molar-refractivity contribution is 5.95. The van der Waals surface area contributed by atoms with Crippen molar-refractivity contribution in [2.24, 2.45) is 0 Å². The maximum absolute atomic E-state index is 13.0. The number of hydrogen-bond acceptors (Lipinski definition) is 7. The van der Waals surface area contributed by atoms with Gasteiger partial charge in [-0.15, -0.1) is 0 Å². The normalized spacial score (nSPS) is 14.5. The first kappa shape index (κ1) is 21.7. The molecule has 0 radical (unpaired) electrons. The Morgan fingerprint density at radius 3 is 2.44 bits per heavy atom. The van der Waals surface area contributed by atoms with Crippen molar-refractivity contribution >= 4 is 16.9 Å². The number of fused-ring (bicyclic) bond motifs is 1. The van der Waals surface area contributed by atoms with E-state index in [9.17, 15) is 14.7 Å². The van der Waals surface area contributed by atoms with Crippen LogP contribution in [0.1, 0.15) is 21.5 Å². The van der Waals surface area contributed by atoms with Gasteiger partial charge in [0.1, 0.15) is 11.3 Å². The van der Waals surface area contributed by atoms with Gasteiger partial charge in [-0.25, -0.2) is 4.79 Å². The van der Waals surface area contributed by atoms with Crippen LogP contribution in [0, 0.1) is 6.92 Å². The molecule has 8 heteroatoms. The summed E-state index contributed by atoms with van der Waals surface area (Å²) in [6.45, 7) is 4.79. The van der Waals surface area contributed by atoms with Crippen molar-refractivity contribution in [3.05, 3.63) is 63.5 Å². The summed E-state index contributed by atoms with van der Waals surface area (Å²) in [5.41, 5.74) is 1.92. The van der Waals surface area contributed by atoms with Crippen molar-refractivity contribution in [1.29, 1.82) is 0 Å². The van der Waals surface area contributed by atoms with Crippen LogP contribution in [0.25, 0.3) is 11.0 Å². The molecule has 0 atom stereocenters. The van der Waals surface area contributed by atoms with Gasteiger partial charge >= 0.3 is 5.63 Å². The van der Waals surface area contributed by atoms with Crippen LogP contribution in [0.15, 0.2) is 45.6 Å². The third kappa shape index (κ3) is 4.13. The second-order valence-corrected chi connectivity index (χ2v) is 7.82. The predicted octanol–water partition coefficient (Wildman–Crippen LogP) is 2.78. The Morgan fingerprint density at radius 1 is 1.03 bits per heavy atom. The van der Waals surface area contributed by atoms with Gasteiger partial charge in [0.25, 0.3) is 5.91 Å². The molecule has 2 heterocycles. The number of methoxy groups -OCH3 is 2. The van der Waals surface area contributed by atoms with Crippen LogP contribution >= 0.6 is 0 Å². The number of ether oxygens (including phenoxy) is 2. The smallest absolute Gasteiger partial charge is 0.336 e. The maximum atomic E-state index is 13.0. The minimum absolute atomic E-state index is 0.0532. The number of phenolic OH excluding ortho intramolecular Hbond substituents is 1. The van der Waals surface area contributed by atoms with E-state index >= 15 is 0 Å². The van der Waals surface area contributed by atoms with Gasteiger partial charge in [-0.05, 0) is 42.8 Å². The van der Waals surface area contributed by atoms with Gasteiger partial charge in [0.2, 0.25) is 0 Å². The van der Waals surface area contributed by atoms with E-state index < -0.39 is 5.63 Å². The molecule has 1 N–H and O–H groups in total. The van der Waals surface area contributed by atoms with Crippen molar-refractivity contribution in [2.75, 3.05) is 40.4 Å². The fourth-order valence-corrected chi connectivity index (χ4v) is 4.05. The molecule has 0 unspecified atom stereocenters. The Hall–Kier alpha value is -3.52. The SMILES string of the molecule is COc1ccc(C(=O)N2CCN(Cc3cc(=O)oc4c(C)c(O)ccc34)CC2)cc1OC. The lowest BCUT2D eigenvalue weighted by atomic mass is 10.1. The van der Waals surface area contributed by atoms with Crippen molar-refractivity contribution in [3.8, 4) is 17.2 Å². The van der Waals surface area contributed by atoms with Gasteiger partial charge < -0.3 is 23.9 Å². The first-order chi connectivity index (χ1) is 15.4. The van der Waals surface area contributed by atoms with E-state index in [2.05, 4.69) is 4.90 Å². The van der Waals surface area contributed by atoms with E-state index in [0.29, 0.717) is 60.9 Å². The van der Waals surface area contributed by atoms with Crippen molar-refractivity contribution in [1.82, 2.24) is 9.80 Å². The molecular formula is C24H26N2O6. The molecule has 1 aliphatic heterocycles. The van der Waals surface area contributed by atoms with Gasteiger partial charge in [0, 0.05) is 55.3 Å². The topological polar surface area (TPSA) is 92.5 Å². The van der Waals surface area contributed by atoms with Crippen LogP contribution in [-0.4, -0.2) is 61.2 Å². The Labute approximate surface area is 185 Å². The fourth-order valence-electron chi connectivity index (χ4n) is 4.05. The fraction of sp³-hybridized carbons (Fsp3) is 0.333. The molecule has 1 saturated heterocycles. The summed E-state index contributed by atoms with van der Waals surface area (Å²) in [6, 6.07) is 10.0. The zero-order valence-electron chi connectivity index (χ0n) is 18.4. The van der Waals surface area contributed by atoms with Crippen molar-refractivity contribution in [2.45, 2.75) is 13.5 Å². The first-order valence-corrected chi connectivity index (χ1v) is 10.4. The third-order valence-corrected chi connectivity index (χ3v) is 5.90. The highest BCUT2D eigenvalue weighted by atomic mass is 16.5. The average Bonchev–Trinajstić information content (AvgIpc) is 2.81. The van der Waals surface area contributed by atoms with Gasteiger partial charge in [-0.2, -0.15) is 0 Å². The molecule has 1 aromatic heterocycles. The van der Waals surface area contributed by atoms with E-state index in [1.54, 1.807) is 51.5 Å². The lowest BCUT2D eigenvalue weighted by molar-refractivity contribution is 0.0628. The molecule has 0 bridgehead atoms. The Balaban J connectivity index is 1.46. The lowest BCUT2D eigenvalue weighted by Gasteiger charge is -2.35. The summed E-state index contributed by atoms with van der Waals surface area (Å²) in [6.07, 6.45) is 0. The number of aryl methyl sites for hydroxylation is 1. The van der Waals surface area contributed by atoms with E-state index in [0.717, 1.165) is 10.9 Å². The van der Waals surface area contributed by atoms with E-state index in [-0.39, 0.29) is 11.7 Å².